The van der Waals surface area contributed by atoms with Gasteiger partial charge in [0.05, 0.1) is 33.4 Å². The molecular weight excluding hydrogens is 466 g/mol. The molecule has 168 valence electrons. The molecule has 0 aliphatic carbocycles. The molecule has 0 bridgehead atoms. The summed E-state index contributed by atoms with van der Waals surface area (Å²) in [5, 5.41) is 11.6. The van der Waals surface area contributed by atoms with Crippen LogP contribution in [-0.4, -0.2) is 22.1 Å². The number of benzene rings is 2. The summed E-state index contributed by atoms with van der Waals surface area (Å²) in [5.41, 5.74) is 1.49. The Morgan fingerprint density at radius 3 is 2.70 bits per heavy atom. The molecular formula is C23H18ClN3O5S. The molecule has 3 aromatic rings. The molecule has 0 unspecified atom stereocenters. The number of esters is 1. The van der Waals surface area contributed by atoms with E-state index in [0.717, 1.165) is 11.3 Å². The molecule has 0 amide bonds. The zero-order valence-electron chi connectivity index (χ0n) is 17.6. The maximum Gasteiger partial charge on any atom is 0.338 e. The van der Waals surface area contributed by atoms with Crippen molar-refractivity contribution < 1.29 is 14.5 Å². The minimum absolute atomic E-state index is 0.0731. The van der Waals surface area contributed by atoms with Crippen LogP contribution >= 0.6 is 22.9 Å². The van der Waals surface area contributed by atoms with Crippen molar-refractivity contribution in [3.63, 3.8) is 0 Å². The Labute approximate surface area is 196 Å². The minimum atomic E-state index is -0.746. The fourth-order valence-corrected chi connectivity index (χ4v) is 4.80. The summed E-state index contributed by atoms with van der Waals surface area (Å²) in [4.78, 5) is 41.8. The van der Waals surface area contributed by atoms with Crippen molar-refractivity contribution in [3.8, 4) is 0 Å². The third-order valence-corrected chi connectivity index (χ3v) is 6.32. The highest BCUT2D eigenvalue weighted by Gasteiger charge is 2.33. The van der Waals surface area contributed by atoms with Gasteiger partial charge in [-0.25, -0.2) is 9.79 Å². The topological polar surface area (TPSA) is 104 Å². The van der Waals surface area contributed by atoms with Gasteiger partial charge in [0, 0.05) is 17.2 Å². The van der Waals surface area contributed by atoms with E-state index < -0.39 is 16.9 Å². The molecule has 1 atom stereocenters. The van der Waals surface area contributed by atoms with Gasteiger partial charge in [-0.3, -0.25) is 19.5 Å². The number of aromatic nitrogens is 1. The standard InChI is InChI=1S/C23H18ClN3O5S/c1-3-32-22(29)19-13(2)25-23-26(20(19)15-7-9-16(24)10-8-15)21(28)18(33-23)12-14-5-4-6-17(11-14)27(30)31/h4-12,20H,3H2,1-2H3/b18-12-/t20-/m0/s1. The van der Waals surface area contributed by atoms with Gasteiger partial charge in [0.25, 0.3) is 11.2 Å². The highest BCUT2D eigenvalue weighted by atomic mass is 35.5. The zero-order chi connectivity index (χ0) is 23.7. The average molecular weight is 484 g/mol. The lowest BCUT2D eigenvalue weighted by Crippen LogP contribution is -2.39. The maximum atomic E-state index is 13.5. The number of ether oxygens (including phenoxy) is 1. The lowest BCUT2D eigenvalue weighted by Gasteiger charge is -2.24. The van der Waals surface area contributed by atoms with Gasteiger partial charge in [-0.1, -0.05) is 47.2 Å². The van der Waals surface area contributed by atoms with E-state index in [9.17, 15) is 19.7 Å². The number of carbonyl (C=O) groups is 1. The molecule has 4 rings (SSSR count). The first-order chi connectivity index (χ1) is 15.8. The lowest BCUT2D eigenvalue weighted by molar-refractivity contribution is -0.384. The molecule has 8 nitrogen and oxygen atoms in total. The smallest absolute Gasteiger partial charge is 0.338 e. The van der Waals surface area contributed by atoms with Crippen LogP contribution in [0.2, 0.25) is 5.02 Å². The van der Waals surface area contributed by atoms with E-state index in [0.29, 0.717) is 31.2 Å². The summed E-state index contributed by atoms with van der Waals surface area (Å²) in [5.74, 6) is -0.549. The molecule has 0 fully saturated rings. The van der Waals surface area contributed by atoms with Crippen LogP contribution in [0.4, 0.5) is 5.69 Å². The first-order valence-corrected chi connectivity index (χ1v) is 11.2. The molecule has 1 aliphatic rings. The second-order valence-electron chi connectivity index (χ2n) is 7.21. The number of allylic oxidation sites excluding steroid dienone is 1. The van der Waals surface area contributed by atoms with Crippen LogP contribution in [0.5, 0.6) is 0 Å². The van der Waals surface area contributed by atoms with Gasteiger partial charge in [-0.05, 0) is 43.2 Å². The Morgan fingerprint density at radius 1 is 1.30 bits per heavy atom. The van der Waals surface area contributed by atoms with Crippen molar-refractivity contribution in [1.29, 1.82) is 0 Å². The fraction of sp³-hybridized carbons (Fsp3) is 0.174. The van der Waals surface area contributed by atoms with Crippen LogP contribution in [0.15, 0.2) is 69.6 Å². The third-order valence-electron chi connectivity index (χ3n) is 5.08. The number of nitro benzene ring substituents is 1. The second kappa shape index (κ2) is 9.13. The number of non-ortho nitro benzene ring substituents is 1. The maximum absolute atomic E-state index is 13.5. The Morgan fingerprint density at radius 2 is 2.03 bits per heavy atom. The van der Waals surface area contributed by atoms with Crippen LogP contribution in [0.3, 0.4) is 0 Å². The van der Waals surface area contributed by atoms with Crippen molar-refractivity contribution in [2.24, 2.45) is 4.99 Å². The third kappa shape index (κ3) is 4.37. The van der Waals surface area contributed by atoms with Gasteiger partial charge in [0.1, 0.15) is 0 Å². The summed E-state index contributed by atoms with van der Waals surface area (Å²) in [6.45, 7) is 3.59. The number of rotatable bonds is 5. The number of carbonyl (C=O) groups excluding carboxylic acids is 1. The van der Waals surface area contributed by atoms with E-state index in [1.807, 2.05) is 0 Å². The van der Waals surface area contributed by atoms with Crippen LogP contribution in [0, 0.1) is 10.1 Å². The quantitative estimate of drug-likeness (QED) is 0.314. The summed E-state index contributed by atoms with van der Waals surface area (Å²) >= 11 is 7.20. The number of thiazole rings is 1. The lowest BCUT2D eigenvalue weighted by atomic mass is 9.96. The molecule has 10 heteroatoms. The molecule has 0 saturated heterocycles. The van der Waals surface area contributed by atoms with Crippen LogP contribution in [0.25, 0.3) is 6.08 Å². The summed E-state index contributed by atoms with van der Waals surface area (Å²) in [7, 11) is 0. The van der Waals surface area contributed by atoms with Crippen LogP contribution in [-0.2, 0) is 9.53 Å². The number of fused-ring (bicyclic) bond motifs is 1. The summed E-state index contributed by atoms with van der Waals surface area (Å²) < 4.78 is 7.05. The molecule has 0 N–H and O–H groups in total. The fourth-order valence-electron chi connectivity index (χ4n) is 3.63. The van der Waals surface area contributed by atoms with Crippen molar-refractivity contribution in [3.05, 3.63) is 106 Å². The number of hydrogen-bond donors (Lipinski definition) is 0. The van der Waals surface area contributed by atoms with Gasteiger partial charge in [0.15, 0.2) is 4.80 Å². The number of nitro groups is 1. The summed E-state index contributed by atoms with van der Waals surface area (Å²) in [6, 6.07) is 12.1. The monoisotopic (exact) mass is 483 g/mol. The largest absolute Gasteiger partial charge is 0.463 e. The van der Waals surface area contributed by atoms with Crippen LogP contribution in [0.1, 0.15) is 31.0 Å². The average Bonchev–Trinajstić information content (AvgIpc) is 3.08. The predicted octanol–water partition coefficient (Wildman–Crippen LogP) is 3.36. The van der Waals surface area contributed by atoms with E-state index >= 15 is 0 Å². The van der Waals surface area contributed by atoms with E-state index in [-0.39, 0.29) is 23.4 Å². The van der Waals surface area contributed by atoms with Crippen molar-refractivity contribution in [2.75, 3.05) is 6.61 Å². The first kappa shape index (κ1) is 22.6. The Balaban J connectivity index is 1.94. The number of halogens is 1. The predicted molar refractivity (Wildman–Crippen MR) is 125 cm³/mol. The van der Waals surface area contributed by atoms with Gasteiger partial charge in [-0.2, -0.15) is 0 Å². The molecule has 33 heavy (non-hydrogen) atoms. The second-order valence-corrected chi connectivity index (χ2v) is 8.65. The summed E-state index contributed by atoms with van der Waals surface area (Å²) in [6.07, 6.45) is 1.58. The Kier molecular flexibility index (Phi) is 6.26. The SMILES string of the molecule is CCOC(=O)C1=C(C)N=c2s/c(=C\c3cccc([N+](=O)[O-])c3)c(=O)n2[C@H]1c1ccc(Cl)cc1. The van der Waals surface area contributed by atoms with E-state index in [2.05, 4.69) is 4.99 Å². The molecule has 0 radical (unpaired) electrons. The molecule has 2 aromatic carbocycles. The highest BCUT2D eigenvalue weighted by molar-refractivity contribution is 7.07. The van der Waals surface area contributed by atoms with Gasteiger partial charge in [0.2, 0.25) is 0 Å². The van der Waals surface area contributed by atoms with Gasteiger partial charge >= 0.3 is 5.97 Å². The van der Waals surface area contributed by atoms with E-state index in [4.69, 9.17) is 16.3 Å². The highest BCUT2D eigenvalue weighted by Crippen LogP contribution is 2.31. The zero-order valence-corrected chi connectivity index (χ0v) is 19.2. The van der Waals surface area contributed by atoms with Gasteiger partial charge in [-0.15, -0.1) is 0 Å². The Bertz CT molecular complexity index is 1470. The van der Waals surface area contributed by atoms with Crippen molar-refractivity contribution >= 4 is 40.7 Å². The Hall–Kier alpha value is -3.56. The van der Waals surface area contributed by atoms with Crippen LogP contribution < -0.4 is 14.9 Å². The molecule has 0 saturated carbocycles. The minimum Gasteiger partial charge on any atom is -0.463 e. The normalized spacial score (nSPS) is 15.7. The molecule has 1 aliphatic heterocycles. The molecule has 1 aromatic heterocycles. The van der Waals surface area contributed by atoms with E-state index in [1.54, 1.807) is 56.3 Å². The van der Waals surface area contributed by atoms with Gasteiger partial charge < -0.3 is 4.74 Å². The molecule has 0 spiro atoms. The number of hydrogen-bond acceptors (Lipinski definition) is 7. The first-order valence-electron chi connectivity index (χ1n) is 9.99. The van der Waals surface area contributed by atoms with E-state index in [1.165, 1.54) is 16.7 Å². The van der Waals surface area contributed by atoms with Crippen molar-refractivity contribution in [1.82, 2.24) is 4.57 Å². The number of nitrogens with zero attached hydrogens (tertiary/aromatic N) is 3. The van der Waals surface area contributed by atoms with Crippen molar-refractivity contribution in [2.45, 2.75) is 19.9 Å². The molecule has 2 heterocycles.